The molecule has 24 heavy (non-hydrogen) atoms. The Bertz CT molecular complexity index is 1150. The summed E-state index contributed by atoms with van der Waals surface area (Å²) in [5.74, 6) is 0. The van der Waals surface area contributed by atoms with Gasteiger partial charge in [0.1, 0.15) is 12.2 Å². The van der Waals surface area contributed by atoms with Gasteiger partial charge in [0.05, 0.1) is 11.0 Å². The van der Waals surface area contributed by atoms with E-state index >= 15 is 0 Å². The van der Waals surface area contributed by atoms with E-state index in [1.165, 1.54) is 0 Å². The molecule has 0 radical (unpaired) electrons. The van der Waals surface area contributed by atoms with E-state index in [-0.39, 0.29) is 0 Å². The van der Waals surface area contributed by atoms with Crippen molar-refractivity contribution in [1.29, 1.82) is 0 Å². The second-order valence-corrected chi connectivity index (χ2v) is 6.28. The molecule has 3 nitrogen and oxygen atoms in total. The molecule has 0 saturated heterocycles. The molecule has 1 aromatic heterocycles. The number of hydrogen-bond acceptors (Lipinski definition) is 3. The zero-order valence-electron chi connectivity index (χ0n) is 12.8. The minimum absolute atomic E-state index is 0.706. The quantitative estimate of drug-likeness (QED) is 0.381. The number of hydrogen-bond donors (Lipinski definition) is 2. The average molecular weight is 313 g/mol. The van der Waals surface area contributed by atoms with E-state index in [4.69, 9.17) is 4.98 Å². The molecule has 5 rings (SSSR count). The van der Waals surface area contributed by atoms with Crippen LogP contribution < -0.4 is 0 Å². The molecule has 0 bridgehead atoms. The molecule has 2 N–H and O–H groups in total. The number of pyridine rings is 1. The number of rotatable bonds is 0. The van der Waals surface area contributed by atoms with Crippen molar-refractivity contribution in [2.24, 2.45) is 0 Å². The van der Waals surface area contributed by atoms with Crippen LogP contribution in [0.5, 0.6) is 0 Å². The third-order valence-corrected chi connectivity index (χ3v) is 4.84. The highest BCUT2D eigenvalue weighted by atomic mass is 16.3. The minimum atomic E-state index is -0.950. The van der Waals surface area contributed by atoms with E-state index in [0.717, 1.165) is 38.1 Å². The lowest BCUT2D eigenvalue weighted by Crippen LogP contribution is -2.20. The normalized spacial score (nSPS) is 19.9. The summed E-state index contributed by atoms with van der Waals surface area (Å²) in [5.41, 5.74) is 3.29. The Hall–Kier alpha value is -2.75. The average Bonchev–Trinajstić information content (AvgIpc) is 2.62. The fraction of sp³-hybridized carbons (Fsp3) is 0.0952. The Morgan fingerprint density at radius 1 is 0.792 bits per heavy atom. The second-order valence-electron chi connectivity index (χ2n) is 6.28. The summed E-state index contributed by atoms with van der Waals surface area (Å²) in [7, 11) is 0. The summed E-state index contributed by atoms with van der Waals surface area (Å²) in [5, 5.41) is 24.8. The van der Waals surface area contributed by atoms with Crippen LogP contribution >= 0.6 is 0 Å². The first-order valence-corrected chi connectivity index (χ1v) is 8.02. The number of aliphatic hydroxyl groups excluding tert-OH is 2. The van der Waals surface area contributed by atoms with E-state index < -0.39 is 12.2 Å². The van der Waals surface area contributed by atoms with Crippen LogP contribution in [-0.2, 0) is 0 Å². The van der Waals surface area contributed by atoms with Crippen LogP contribution in [-0.4, -0.2) is 21.3 Å². The third kappa shape index (κ3) is 1.83. The van der Waals surface area contributed by atoms with Gasteiger partial charge in [-0.25, -0.2) is 4.98 Å². The van der Waals surface area contributed by atoms with Gasteiger partial charge in [0.2, 0.25) is 0 Å². The van der Waals surface area contributed by atoms with Gasteiger partial charge < -0.3 is 10.2 Å². The molecule has 1 aliphatic carbocycles. The first kappa shape index (κ1) is 13.7. The van der Waals surface area contributed by atoms with Crippen LogP contribution in [0.25, 0.3) is 38.7 Å². The minimum Gasteiger partial charge on any atom is -0.386 e. The number of nitrogens with zero attached hydrogens (tertiary/aromatic N) is 1. The Morgan fingerprint density at radius 3 is 2.46 bits per heavy atom. The Morgan fingerprint density at radius 2 is 1.54 bits per heavy atom. The fourth-order valence-electron chi connectivity index (χ4n) is 3.61. The summed E-state index contributed by atoms with van der Waals surface area (Å²) in [6.07, 6.45) is 1.62. The van der Waals surface area contributed by atoms with Crippen LogP contribution in [0.15, 0.2) is 60.7 Å². The third-order valence-electron chi connectivity index (χ3n) is 4.84. The predicted octanol–water partition coefficient (Wildman–Crippen LogP) is 3.96. The van der Waals surface area contributed by atoms with E-state index in [2.05, 4.69) is 30.3 Å². The molecule has 0 spiro atoms. The number of aliphatic hydroxyl groups is 2. The van der Waals surface area contributed by atoms with E-state index in [1.807, 2.05) is 30.3 Å². The van der Waals surface area contributed by atoms with Crippen LogP contribution in [0.2, 0.25) is 0 Å². The fourth-order valence-corrected chi connectivity index (χ4v) is 3.61. The maximum Gasteiger partial charge on any atom is 0.111 e. The van der Waals surface area contributed by atoms with Gasteiger partial charge in [-0.1, -0.05) is 60.7 Å². The molecule has 1 aliphatic rings. The van der Waals surface area contributed by atoms with Crippen molar-refractivity contribution in [3.05, 3.63) is 71.8 Å². The maximum absolute atomic E-state index is 10.5. The summed E-state index contributed by atoms with van der Waals surface area (Å²) in [4.78, 5) is 4.90. The smallest absolute Gasteiger partial charge is 0.111 e. The standard InChI is InChI=1S/C21H15NO2/c23-17-10-9-13-6-8-15-11-14-7-5-12-3-1-2-4-16(12)19(14)22-20(15)18(13)21(17)24/h1-11,17,21,23-24H/t17-,21+/m1/s1. The molecule has 0 amide bonds. The summed E-state index contributed by atoms with van der Waals surface area (Å²) < 4.78 is 0. The lowest BCUT2D eigenvalue weighted by Gasteiger charge is -2.23. The highest BCUT2D eigenvalue weighted by molar-refractivity contribution is 6.09. The molecule has 3 aromatic carbocycles. The highest BCUT2D eigenvalue weighted by Gasteiger charge is 2.25. The molecule has 2 atom stereocenters. The predicted molar refractivity (Wildman–Crippen MR) is 96.8 cm³/mol. The molecule has 0 aliphatic heterocycles. The Balaban J connectivity index is 1.95. The lowest BCUT2D eigenvalue weighted by atomic mass is 9.90. The van der Waals surface area contributed by atoms with Crippen LogP contribution in [0.3, 0.4) is 0 Å². The molecule has 1 heterocycles. The lowest BCUT2D eigenvalue weighted by molar-refractivity contribution is 0.0479. The maximum atomic E-state index is 10.5. The van der Waals surface area contributed by atoms with Gasteiger partial charge in [-0.2, -0.15) is 0 Å². The topological polar surface area (TPSA) is 53.4 Å². The van der Waals surface area contributed by atoms with Crippen molar-refractivity contribution in [2.45, 2.75) is 12.2 Å². The zero-order chi connectivity index (χ0) is 16.3. The molecule has 3 heteroatoms. The molecule has 0 saturated carbocycles. The van der Waals surface area contributed by atoms with Gasteiger partial charge >= 0.3 is 0 Å². The van der Waals surface area contributed by atoms with Crippen molar-refractivity contribution in [1.82, 2.24) is 4.98 Å². The first-order chi connectivity index (χ1) is 11.7. The molecule has 0 unspecified atom stereocenters. The second kappa shape index (κ2) is 4.87. The van der Waals surface area contributed by atoms with Gasteiger partial charge in [0, 0.05) is 21.7 Å². The van der Waals surface area contributed by atoms with E-state index in [1.54, 1.807) is 6.08 Å². The van der Waals surface area contributed by atoms with Crippen LogP contribution in [0, 0.1) is 0 Å². The monoisotopic (exact) mass is 313 g/mol. The summed E-state index contributed by atoms with van der Waals surface area (Å²) >= 11 is 0. The molecular weight excluding hydrogens is 298 g/mol. The number of fused-ring (bicyclic) bond motifs is 6. The Kier molecular flexibility index (Phi) is 2.77. The summed E-state index contributed by atoms with van der Waals surface area (Å²) in [6, 6.07) is 18.4. The Labute approximate surface area is 138 Å². The SMILES string of the molecule is O[C@@H]1C=Cc2ccc3cc4ccc5ccccc5c4nc3c2[C@H]1O. The van der Waals surface area contributed by atoms with Gasteiger partial charge in [0.25, 0.3) is 0 Å². The van der Waals surface area contributed by atoms with Gasteiger partial charge in [-0.05, 0) is 17.0 Å². The first-order valence-electron chi connectivity index (χ1n) is 8.02. The number of benzene rings is 3. The molecule has 4 aromatic rings. The largest absolute Gasteiger partial charge is 0.386 e. The van der Waals surface area contributed by atoms with E-state index in [0.29, 0.717) is 5.56 Å². The van der Waals surface area contributed by atoms with Crippen LogP contribution in [0.4, 0.5) is 0 Å². The highest BCUT2D eigenvalue weighted by Crippen LogP contribution is 2.35. The molecule has 116 valence electrons. The van der Waals surface area contributed by atoms with Crippen molar-refractivity contribution in [3.8, 4) is 0 Å². The molecular formula is C21H15NO2. The number of aromatic nitrogens is 1. The van der Waals surface area contributed by atoms with Gasteiger partial charge in [-0.3, -0.25) is 0 Å². The zero-order valence-corrected chi connectivity index (χ0v) is 12.8. The van der Waals surface area contributed by atoms with Crippen molar-refractivity contribution in [2.75, 3.05) is 0 Å². The molecule has 0 fully saturated rings. The van der Waals surface area contributed by atoms with Crippen molar-refractivity contribution < 1.29 is 10.2 Å². The summed E-state index contributed by atoms with van der Waals surface area (Å²) in [6.45, 7) is 0. The van der Waals surface area contributed by atoms with Crippen LogP contribution in [0.1, 0.15) is 17.2 Å². The van der Waals surface area contributed by atoms with E-state index in [9.17, 15) is 10.2 Å². The van der Waals surface area contributed by atoms with Gasteiger partial charge in [0.15, 0.2) is 0 Å². The van der Waals surface area contributed by atoms with Crippen molar-refractivity contribution >= 4 is 38.7 Å². The van der Waals surface area contributed by atoms with Crippen molar-refractivity contribution in [3.63, 3.8) is 0 Å². The van der Waals surface area contributed by atoms with Gasteiger partial charge in [-0.15, -0.1) is 0 Å².